The van der Waals surface area contributed by atoms with Crippen LogP contribution in [0, 0.1) is 6.92 Å². The number of carbonyl (C=O) groups is 1. The van der Waals surface area contributed by atoms with Crippen molar-refractivity contribution in [3.05, 3.63) is 70.8 Å². The predicted molar refractivity (Wildman–Crippen MR) is 85.3 cm³/mol. The van der Waals surface area contributed by atoms with Crippen molar-refractivity contribution >= 4 is 12.0 Å². The Morgan fingerprint density at radius 1 is 1.14 bits per heavy atom. The third-order valence-corrected chi connectivity index (χ3v) is 3.13. The second-order valence-electron chi connectivity index (χ2n) is 5.01. The summed E-state index contributed by atoms with van der Waals surface area (Å²) < 4.78 is 5.79. The summed E-state index contributed by atoms with van der Waals surface area (Å²) in [5.41, 5.74) is 8.89. The summed E-state index contributed by atoms with van der Waals surface area (Å²) >= 11 is 0. The van der Waals surface area contributed by atoms with Crippen LogP contribution in [0.25, 0.3) is 6.08 Å². The highest BCUT2D eigenvalue weighted by molar-refractivity contribution is 5.96. The minimum atomic E-state index is -0.474. The Kier molecular flexibility index (Phi) is 4.77. The van der Waals surface area contributed by atoms with Crippen LogP contribution >= 0.6 is 0 Å². The fraction of sp³-hybridized carbons (Fsp3) is 0.167. The van der Waals surface area contributed by atoms with E-state index in [1.807, 2.05) is 50.2 Å². The summed E-state index contributed by atoms with van der Waals surface area (Å²) in [6, 6.07) is 15.4. The van der Waals surface area contributed by atoms with Gasteiger partial charge in [-0.05, 0) is 36.6 Å². The monoisotopic (exact) mass is 281 g/mol. The van der Waals surface area contributed by atoms with Crippen LogP contribution in [0.3, 0.4) is 0 Å². The number of hydrogen-bond donors (Lipinski definition) is 1. The molecule has 0 aromatic heterocycles. The Hall–Kier alpha value is -2.55. The van der Waals surface area contributed by atoms with E-state index in [4.69, 9.17) is 10.5 Å². The Labute approximate surface area is 125 Å². The quantitative estimate of drug-likeness (QED) is 0.910. The zero-order chi connectivity index (χ0) is 15.2. The first-order chi connectivity index (χ1) is 10.1. The first kappa shape index (κ1) is 14.9. The molecule has 108 valence electrons. The van der Waals surface area contributed by atoms with Crippen LogP contribution in [0.2, 0.25) is 0 Å². The van der Waals surface area contributed by atoms with Crippen molar-refractivity contribution in [2.24, 2.45) is 5.73 Å². The maximum absolute atomic E-state index is 11.4. The van der Waals surface area contributed by atoms with Gasteiger partial charge >= 0.3 is 0 Å². The minimum Gasteiger partial charge on any atom is -0.488 e. The molecular weight excluding hydrogens is 262 g/mol. The Balaban J connectivity index is 2.13. The lowest BCUT2D eigenvalue weighted by molar-refractivity contribution is 0.0996. The SMILES string of the molecule is C/C(=C\c1ccccc1)COc1c(C)cccc1C(N)=O. The number of ether oxygens (including phenoxy) is 1. The Morgan fingerprint density at radius 2 is 1.86 bits per heavy atom. The van der Waals surface area contributed by atoms with Gasteiger partial charge in [0.05, 0.1) is 5.56 Å². The van der Waals surface area contributed by atoms with Gasteiger partial charge < -0.3 is 10.5 Å². The van der Waals surface area contributed by atoms with Crippen molar-refractivity contribution in [2.75, 3.05) is 6.61 Å². The molecule has 0 unspecified atom stereocenters. The first-order valence-electron chi connectivity index (χ1n) is 6.82. The van der Waals surface area contributed by atoms with Crippen molar-refractivity contribution in [3.8, 4) is 5.75 Å². The van der Waals surface area contributed by atoms with Gasteiger partial charge in [0.2, 0.25) is 0 Å². The van der Waals surface area contributed by atoms with E-state index >= 15 is 0 Å². The van der Waals surface area contributed by atoms with Crippen molar-refractivity contribution < 1.29 is 9.53 Å². The zero-order valence-corrected chi connectivity index (χ0v) is 12.3. The molecule has 1 amide bonds. The molecule has 21 heavy (non-hydrogen) atoms. The van der Waals surface area contributed by atoms with Crippen LogP contribution in [0.1, 0.15) is 28.4 Å². The average molecular weight is 281 g/mol. The molecular formula is C18H19NO2. The lowest BCUT2D eigenvalue weighted by atomic mass is 10.1. The fourth-order valence-electron chi connectivity index (χ4n) is 2.10. The summed E-state index contributed by atoms with van der Waals surface area (Å²) in [5, 5.41) is 0. The molecule has 0 saturated carbocycles. The number of primary amides is 1. The van der Waals surface area contributed by atoms with E-state index in [1.54, 1.807) is 12.1 Å². The highest BCUT2D eigenvalue weighted by atomic mass is 16.5. The third-order valence-electron chi connectivity index (χ3n) is 3.13. The van der Waals surface area contributed by atoms with Gasteiger partial charge in [0, 0.05) is 0 Å². The second kappa shape index (κ2) is 6.75. The summed E-state index contributed by atoms with van der Waals surface area (Å²) in [6.45, 7) is 4.31. The fourth-order valence-corrected chi connectivity index (χ4v) is 2.10. The minimum absolute atomic E-state index is 0.417. The van der Waals surface area contributed by atoms with Gasteiger partial charge in [-0.1, -0.05) is 48.5 Å². The van der Waals surface area contributed by atoms with Gasteiger partial charge in [0.25, 0.3) is 5.91 Å². The molecule has 3 heteroatoms. The third kappa shape index (κ3) is 3.96. The van der Waals surface area contributed by atoms with Gasteiger partial charge in [-0.2, -0.15) is 0 Å². The van der Waals surface area contributed by atoms with Crippen molar-refractivity contribution in [3.63, 3.8) is 0 Å². The molecule has 0 saturated heterocycles. The second-order valence-corrected chi connectivity index (χ2v) is 5.01. The number of benzene rings is 2. The molecule has 0 bridgehead atoms. The first-order valence-corrected chi connectivity index (χ1v) is 6.82. The molecule has 0 aliphatic heterocycles. The smallest absolute Gasteiger partial charge is 0.252 e. The maximum atomic E-state index is 11.4. The number of carbonyl (C=O) groups excluding carboxylic acids is 1. The predicted octanol–water partition coefficient (Wildman–Crippen LogP) is 3.58. The van der Waals surface area contributed by atoms with E-state index in [9.17, 15) is 4.79 Å². The van der Waals surface area contributed by atoms with E-state index < -0.39 is 5.91 Å². The lowest BCUT2D eigenvalue weighted by Gasteiger charge is -2.12. The van der Waals surface area contributed by atoms with Crippen molar-refractivity contribution in [2.45, 2.75) is 13.8 Å². The Morgan fingerprint density at radius 3 is 2.52 bits per heavy atom. The number of aryl methyl sites for hydroxylation is 1. The molecule has 0 spiro atoms. The average Bonchev–Trinajstić information content (AvgIpc) is 2.46. The Bertz CT molecular complexity index is 660. The summed E-state index contributed by atoms with van der Waals surface area (Å²) in [4.78, 5) is 11.4. The van der Waals surface area contributed by atoms with E-state index in [0.717, 1.165) is 16.7 Å². The van der Waals surface area contributed by atoms with Gasteiger partial charge in [-0.25, -0.2) is 0 Å². The van der Waals surface area contributed by atoms with Crippen LogP contribution < -0.4 is 10.5 Å². The van der Waals surface area contributed by atoms with E-state index in [1.165, 1.54) is 0 Å². The molecule has 0 aliphatic rings. The molecule has 0 fully saturated rings. The van der Waals surface area contributed by atoms with Gasteiger partial charge in [0.1, 0.15) is 12.4 Å². The largest absolute Gasteiger partial charge is 0.488 e. The number of rotatable bonds is 5. The zero-order valence-electron chi connectivity index (χ0n) is 12.3. The van der Waals surface area contributed by atoms with Crippen LogP contribution in [-0.2, 0) is 0 Å². The lowest BCUT2D eigenvalue weighted by Crippen LogP contribution is -2.14. The highest BCUT2D eigenvalue weighted by Crippen LogP contribution is 2.23. The van der Waals surface area contributed by atoms with E-state index in [2.05, 4.69) is 6.08 Å². The number of para-hydroxylation sites is 1. The van der Waals surface area contributed by atoms with Crippen LogP contribution in [0.15, 0.2) is 54.1 Å². The molecule has 0 aliphatic carbocycles. The topological polar surface area (TPSA) is 52.3 Å². The molecule has 2 N–H and O–H groups in total. The number of nitrogens with two attached hydrogens (primary N) is 1. The van der Waals surface area contributed by atoms with Crippen LogP contribution in [0.5, 0.6) is 5.75 Å². The molecule has 0 radical (unpaired) electrons. The standard InChI is InChI=1S/C18H19NO2/c1-13(11-15-8-4-3-5-9-15)12-21-17-14(2)7-6-10-16(17)18(19)20/h3-11H,12H2,1-2H3,(H2,19,20)/b13-11+. The molecule has 2 aromatic rings. The van der Waals surface area contributed by atoms with E-state index in [0.29, 0.717) is 17.9 Å². The summed E-state index contributed by atoms with van der Waals surface area (Å²) in [7, 11) is 0. The molecule has 2 aromatic carbocycles. The molecule has 0 heterocycles. The van der Waals surface area contributed by atoms with Crippen molar-refractivity contribution in [1.82, 2.24) is 0 Å². The van der Waals surface area contributed by atoms with Gasteiger partial charge in [0.15, 0.2) is 0 Å². The highest BCUT2D eigenvalue weighted by Gasteiger charge is 2.11. The maximum Gasteiger partial charge on any atom is 0.252 e. The van der Waals surface area contributed by atoms with Crippen LogP contribution in [-0.4, -0.2) is 12.5 Å². The molecule has 3 nitrogen and oxygen atoms in total. The van der Waals surface area contributed by atoms with Crippen LogP contribution in [0.4, 0.5) is 0 Å². The normalized spacial score (nSPS) is 11.2. The van der Waals surface area contributed by atoms with Gasteiger partial charge in [-0.3, -0.25) is 4.79 Å². The van der Waals surface area contributed by atoms with Crippen molar-refractivity contribution in [1.29, 1.82) is 0 Å². The molecule has 2 rings (SSSR count). The summed E-state index contributed by atoms with van der Waals surface area (Å²) in [5.74, 6) is 0.0872. The van der Waals surface area contributed by atoms with E-state index in [-0.39, 0.29) is 0 Å². The molecule has 0 atom stereocenters. The summed E-state index contributed by atoms with van der Waals surface area (Å²) in [6.07, 6.45) is 2.06. The number of amides is 1. The van der Waals surface area contributed by atoms with Gasteiger partial charge in [-0.15, -0.1) is 0 Å². The number of hydrogen-bond acceptors (Lipinski definition) is 2.